The molecule has 0 fully saturated rings. The summed E-state index contributed by atoms with van der Waals surface area (Å²) in [5.74, 6) is 0. The van der Waals surface area contributed by atoms with Gasteiger partial charge in [-0.1, -0.05) is 45.1 Å². The summed E-state index contributed by atoms with van der Waals surface area (Å²) in [5, 5.41) is 9.14. The van der Waals surface area contributed by atoms with Gasteiger partial charge in [0.05, 0.1) is 12.2 Å². The lowest BCUT2D eigenvalue weighted by atomic mass is 10.1. The van der Waals surface area contributed by atoms with Crippen LogP contribution in [0.4, 0.5) is 13.2 Å². The van der Waals surface area contributed by atoms with E-state index in [1.807, 2.05) is 0 Å². The highest BCUT2D eigenvalue weighted by atomic mass is 19.4. The van der Waals surface area contributed by atoms with Gasteiger partial charge in [-0.15, -0.1) is 6.58 Å². The molecule has 0 bridgehead atoms. The van der Waals surface area contributed by atoms with Gasteiger partial charge in [-0.3, -0.25) is 0 Å². The number of halogens is 3. The van der Waals surface area contributed by atoms with Crippen LogP contribution in [0.3, 0.4) is 0 Å². The van der Waals surface area contributed by atoms with Gasteiger partial charge in [0.25, 0.3) is 0 Å². The molecule has 0 aromatic carbocycles. The minimum atomic E-state index is -4.64. The van der Waals surface area contributed by atoms with E-state index in [1.54, 1.807) is 6.08 Å². The third kappa shape index (κ3) is 8.59. The minimum absolute atomic E-state index is 0.305. The standard InChI is InChI=1S/C15H27F3O2/c1-4-6-7-8-9-11-13(10-5-2)20-12(3)14(19)15(16,17)18/h5,12-14,19H,2,4,6-11H2,1,3H3/t12-,13-,14+/m1/s1. The van der Waals surface area contributed by atoms with Crippen LogP contribution in [0.2, 0.25) is 0 Å². The maximum Gasteiger partial charge on any atom is 0.416 e. The lowest BCUT2D eigenvalue weighted by molar-refractivity contribution is -0.239. The average molecular weight is 296 g/mol. The van der Waals surface area contributed by atoms with Gasteiger partial charge in [0, 0.05) is 0 Å². The third-order valence-electron chi connectivity index (χ3n) is 3.25. The summed E-state index contributed by atoms with van der Waals surface area (Å²) in [4.78, 5) is 0. The molecule has 0 unspecified atom stereocenters. The first-order chi connectivity index (χ1) is 9.32. The number of hydrogen-bond acceptors (Lipinski definition) is 2. The zero-order valence-corrected chi connectivity index (χ0v) is 12.5. The van der Waals surface area contributed by atoms with Gasteiger partial charge in [-0.05, 0) is 19.8 Å². The van der Waals surface area contributed by atoms with Gasteiger partial charge in [0.2, 0.25) is 0 Å². The van der Waals surface area contributed by atoms with E-state index in [1.165, 1.54) is 13.3 Å². The van der Waals surface area contributed by atoms with Crippen molar-refractivity contribution in [3.63, 3.8) is 0 Å². The highest BCUT2D eigenvalue weighted by molar-refractivity contribution is 4.78. The van der Waals surface area contributed by atoms with Crippen molar-refractivity contribution in [3.8, 4) is 0 Å². The van der Waals surface area contributed by atoms with E-state index in [0.29, 0.717) is 12.8 Å². The summed E-state index contributed by atoms with van der Waals surface area (Å²) in [6, 6.07) is 0. The fraction of sp³-hybridized carbons (Fsp3) is 0.867. The van der Waals surface area contributed by atoms with Crippen molar-refractivity contribution in [1.29, 1.82) is 0 Å². The van der Waals surface area contributed by atoms with E-state index in [9.17, 15) is 13.2 Å². The monoisotopic (exact) mass is 296 g/mol. The average Bonchev–Trinajstić information content (AvgIpc) is 2.36. The fourth-order valence-electron chi connectivity index (χ4n) is 2.05. The predicted molar refractivity (Wildman–Crippen MR) is 74.6 cm³/mol. The summed E-state index contributed by atoms with van der Waals surface area (Å²) < 4.78 is 42.5. The molecule has 0 aliphatic carbocycles. The number of hydrogen-bond donors (Lipinski definition) is 1. The molecular formula is C15H27F3O2. The minimum Gasteiger partial charge on any atom is -0.381 e. The van der Waals surface area contributed by atoms with Crippen LogP contribution in [0, 0.1) is 0 Å². The van der Waals surface area contributed by atoms with Crippen molar-refractivity contribution in [2.45, 2.75) is 83.3 Å². The maximum absolute atomic E-state index is 12.4. The second kappa shape index (κ2) is 10.2. The molecule has 20 heavy (non-hydrogen) atoms. The molecule has 0 aromatic heterocycles. The van der Waals surface area contributed by atoms with E-state index in [0.717, 1.165) is 25.7 Å². The molecule has 0 saturated carbocycles. The Balaban J connectivity index is 4.15. The number of aliphatic hydroxyl groups excluding tert-OH is 1. The molecule has 0 spiro atoms. The van der Waals surface area contributed by atoms with Crippen LogP contribution in [0.15, 0.2) is 12.7 Å². The zero-order valence-electron chi connectivity index (χ0n) is 12.5. The SMILES string of the molecule is C=CC[C@H](CCCCCCC)O[C@H](C)[C@H](O)C(F)(F)F. The van der Waals surface area contributed by atoms with E-state index < -0.39 is 18.4 Å². The highest BCUT2D eigenvalue weighted by Crippen LogP contribution is 2.25. The normalized spacial score (nSPS) is 16.7. The number of ether oxygens (including phenoxy) is 1. The first-order valence-corrected chi connectivity index (χ1v) is 7.34. The van der Waals surface area contributed by atoms with Crippen LogP contribution in [0.5, 0.6) is 0 Å². The molecule has 0 aliphatic heterocycles. The molecule has 3 atom stereocenters. The van der Waals surface area contributed by atoms with E-state index >= 15 is 0 Å². The van der Waals surface area contributed by atoms with Crippen LogP contribution in [0.1, 0.15) is 58.8 Å². The summed E-state index contributed by atoms with van der Waals surface area (Å²) in [6.45, 7) is 6.98. The Morgan fingerprint density at radius 3 is 2.30 bits per heavy atom. The third-order valence-corrected chi connectivity index (χ3v) is 3.25. The number of rotatable bonds is 11. The second-order valence-corrected chi connectivity index (χ2v) is 5.18. The lowest BCUT2D eigenvalue weighted by Crippen LogP contribution is -2.41. The van der Waals surface area contributed by atoms with Crippen molar-refractivity contribution in [3.05, 3.63) is 12.7 Å². The molecule has 0 rings (SSSR count). The van der Waals surface area contributed by atoms with Crippen LogP contribution < -0.4 is 0 Å². The van der Waals surface area contributed by atoms with E-state index in [4.69, 9.17) is 9.84 Å². The highest BCUT2D eigenvalue weighted by Gasteiger charge is 2.42. The predicted octanol–water partition coefficient (Wildman–Crippen LogP) is 4.62. The molecule has 0 heterocycles. The molecule has 2 nitrogen and oxygen atoms in total. The molecule has 120 valence electrons. The Bertz CT molecular complexity index is 254. The van der Waals surface area contributed by atoms with E-state index in [2.05, 4.69) is 13.5 Å². The van der Waals surface area contributed by atoms with Gasteiger partial charge in [-0.25, -0.2) is 0 Å². The number of unbranched alkanes of at least 4 members (excludes halogenated alkanes) is 4. The van der Waals surface area contributed by atoms with Crippen LogP contribution >= 0.6 is 0 Å². The van der Waals surface area contributed by atoms with Gasteiger partial charge >= 0.3 is 6.18 Å². The molecule has 0 saturated heterocycles. The topological polar surface area (TPSA) is 29.5 Å². The molecule has 0 radical (unpaired) electrons. The molecule has 0 aliphatic rings. The lowest BCUT2D eigenvalue weighted by Gasteiger charge is -2.26. The molecular weight excluding hydrogens is 269 g/mol. The maximum atomic E-state index is 12.4. The number of aliphatic hydroxyl groups is 1. The van der Waals surface area contributed by atoms with Crippen LogP contribution in [-0.2, 0) is 4.74 Å². The summed E-state index contributed by atoms with van der Waals surface area (Å²) >= 11 is 0. The van der Waals surface area contributed by atoms with Crippen LogP contribution in [-0.4, -0.2) is 29.6 Å². The Morgan fingerprint density at radius 2 is 1.80 bits per heavy atom. The second-order valence-electron chi connectivity index (χ2n) is 5.18. The molecule has 5 heteroatoms. The largest absolute Gasteiger partial charge is 0.416 e. The summed E-state index contributed by atoms with van der Waals surface area (Å²) in [7, 11) is 0. The van der Waals surface area contributed by atoms with Crippen LogP contribution in [0.25, 0.3) is 0 Å². The summed E-state index contributed by atoms with van der Waals surface area (Å²) in [6.07, 6.45) is -0.341. The van der Waals surface area contributed by atoms with Crippen molar-refractivity contribution in [1.82, 2.24) is 0 Å². The fourth-order valence-corrected chi connectivity index (χ4v) is 2.05. The van der Waals surface area contributed by atoms with Crippen molar-refractivity contribution in [2.24, 2.45) is 0 Å². The number of alkyl halides is 3. The Hall–Kier alpha value is -0.550. The van der Waals surface area contributed by atoms with E-state index in [-0.39, 0.29) is 6.10 Å². The van der Waals surface area contributed by atoms with Gasteiger partial charge < -0.3 is 9.84 Å². The smallest absolute Gasteiger partial charge is 0.381 e. The van der Waals surface area contributed by atoms with Gasteiger partial charge in [0.1, 0.15) is 0 Å². The summed E-state index contributed by atoms with van der Waals surface area (Å²) in [5.41, 5.74) is 0. The van der Waals surface area contributed by atoms with Crippen molar-refractivity contribution >= 4 is 0 Å². The zero-order chi connectivity index (χ0) is 15.6. The Labute approximate surface area is 120 Å². The van der Waals surface area contributed by atoms with Crippen molar-refractivity contribution < 1.29 is 23.0 Å². The first kappa shape index (κ1) is 19.4. The molecule has 1 N–H and O–H groups in total. The van der Waals surface area contributed by atoms with Gasteiger partial charge in [0.15, 0.2) is 6.10 Å². The quantitative estimate of drug-likeness (QED) is 0.445. The Kier molecular flexibility index (Phi) is 9.94. The van der Waals surface area contributed by atoms with Crippen molar-refractivity contribution in [2.75, 3.05) is 0 Å². The van der Waals surface area contributed by atoms with Gasteiger partial charge in [-0.2, -0.15) is 13.2 Å². The molecule has 0 amide bonds. The molecule has 0 aromatic rings. The Morgan fingerprint density at radius 1 is 1.20 bits per heavy atom. The first-order valence-electron chi connectivity index (χ1n) is 7.34.